The Morgan fingerprint density at radius 1 is 1.38 bits per heavy atom. The van der Waals surface area contributed by atoms with Gasteiger partial charge in [0.1, 0.15) is 12.4 Å². The minimum atomic E-state index is -3.76. The van der Waals surface area contributed by atoms with Gasteiger partial charge in [0.2, 0.25) is 10.0 Å². The maximum atomic E-state index is 13.8. The molecule has 0 amide bonds. The molecule has 0 saturated carbocycles. The van der Waals surface area contributed by atoms with Crippen LogP contribution in [0.25, 0.3) is 0 Å². The highest BCUT2D eigenvalue weighted by molar-refractivity contribution is 7.89. The van der Waals surface area contributed by atoms with Crippen molar-refractivity contribution in [3.8, 4) is 11.8 Å². The summed E-state index contributed by atoms with van der Waals surface area (Å²) in [7, 11) is -3.76. The van der Waals surface area contributed by atoms with E-state index >= 15 is 0 Å². The second-order valence-electron chi connectivity index (χ2n) is 4.90. The van der Waals surface area contributed by atoms with Gasteiger partial charge in [0, 0.05) is 6.04 Å². The van der Waals surface area contributed by atoms with E-state index in [1.807, 2.05) is 13.8 Å². The molecule has 21 heavy (non-hydrogen) atoms. The topological polar surface area (TPSA) is 66.4 Å². The molecule has 2 unspecified atom stereocenters. The Balaban J connectivity index is 3.02. The Hall–Kier alpha value is -1.42. The quantitative estimate of drug-likeness (QED) is 0.816. The van der Waals surface area contributed by atoms with Crippen LogP contribution in [0.3, 0.4) is 0 Å². The Morgan fingerprint density at radius 2 is 2.05 bits per heavy atom. The molecule has 1 aromatic carbocycles. The summed E-state index contributed by atoms with van der Waals surface area (Å²) >= 11 is 0. The zero-order valence-electron chi connectivity index (χ0n) is 12.4. The zero-order chi connectivity index (χ0) is 16.0. The average Bonchev–Trinajstić information content (AvgIpc) is 2.44. The van der Waals surface area contributed by atoms with Crippen molar-refractivity contribution in [2.75, 3.05) is 6.61 Å². The van der Waals surface area contributed by atoms with Crippen LogP contribution in [0.5, 0.6) is 0 Å². The van der Waals surface area contributed by atoms with Crippen molar-refractivity contribution in [3.63, 3.8) is 0 Å². The highest BCUT2D eigenvalue weighted by atomic mass is 32.2. The average molecular weight is 313 g/mol. The molecule has 0 aliphatic heterocycles. The van der Waals surface area contributed by atoms with E-state index in [0.29, 0.717) is 0 Å². The van der Waals surface area contributed by atoms with Crippen molar-refractivity contribution in [1.82, 2.24) is 4.72 Å². The minimum absolute atomic E-state index is 0.0537. The summed E-state index contributed by atoms with van der Waals surface area (Å²) in [5.41, 5.74) is 0.0537. The molecule has 0 aliphatic carbocycles. The van der Waals surface area contributed by atoms with E-state index in [0.717, 1.165) is 12.5 Å². The van der Waals surface area contributed by atoms with Crippen LogP contribution in [0.2, 0.25) is 0 Å². The van der Waals surface area contributed by atoms with Gasteiger partial charge in [-0.3, -0.25) is 0 Å². The molecule has 1 rings (SSSR count). The van der Waals surface area contributed by atoms with Gasteiger partial charge in [-0.05, 0) is 31.0 Å². The van der Waals surface area contributed by atoms with Crippen LogP contribution in [0.4, 0.5) is 4.39 Å². The second kappa shape index (κ2) is 7.55. The first-order chi connectivity index (χ1) is 9.81. The third kappa shape index (κ3) is 4.81. The third-order valence-corrected chi connectivity index (χ3v) is 4.95. The molecular weight excluding hydrogens is 293 g/mol. The monoisotopic (exact) mass is 313 g/mol. The first-order valence-electron chi connectivity index (χ1n) is 6.73. The molecule has 0 heterocycles. The van der Waals surface area contributed by atoms with Crippen molar-refractivity contribution < 1.29 is 17.9 Å². The molecule has 1 aromatic rings. The molecule has 0 aliphatic rings. The van der Waals surface area contributed by atoms with Gasteiger partial charge < -0.3 is 5.11 Å². The fraction of sp³-hybridized carbons (Fsp3) is 0.467. The Kier molecular flexibility index (Phi) is 6.34. The molecule has 0 spiro atoms. The lowest BCUT2D eigenvalue weighted by atomic mass is 10.0. The summed E-state index contributed by atoms with van der Waals surface area (Å²) in [6.45, 7) is 5.32. The van der Waals surface area contributed by atoms with Gasteiger partial charge in [0.15, 0.2) is 0 Å². The SMILES string of the molecule is CCC(C)C(C)NS(=O)(=O)c1ccc(C#CCO)c(F)c1. The lowest BCUT2D eigenvalue weighted by Crippen LogP contribution is -2.36. The number of rotatable bonds is 5. The second-order valence-corrected chi connectivity index (χ2v) is 6.61. The van der Waals surface area contributed by atoms with Crippen molar-refractivity contribution in [3.05, 3.63) is 29.6 Å². The van der Waals surface area contributed by atoms with E-state index in [2.05, 4.69) is 16.6 Å². The molecular formula is C15H20FNO3S. The molecule has 6 heteroatoms. The normalized spacial score (nSPS) is 14.1. The first kappa shape index (κ1) is 17.6. The van der Waals surface area contributed by atoms with Gasteiger partial charge in [-0.2, -0.15) is 0 Å². The van der Waals surface area contributed by atoms with Gasteiger partial charge in [-0.15, -0.1) is 0 Å². The zero-order valence-corrected chi connectivity index (χ0v) is 13.2. The van der Waals surface area contributed by atoms with Gasteiger partial charge in [0.25, 0.3) is 0 Å². The van der Waals surface area contributed by atoms with Crippen molar-refractivity contribution in [1.29, 1.82) is 0 Å². The van der Waals surface area contributed by atoms with Crippen molar-refractivity contribution in [2.45, 2.75) is 38.1 Å². The number of aliphatic hydroxyl groups is 1. The fourth-order valence-corrected chi connectivity index (χ4v) is 3.05. The molecule has 0 bridgehead atoms. The van der Waals surface area contributed by atoms with E-state index in [4.69, 9.17) is 5.11 Å². The smallest absolute Gasteiger partial charge is 0.240 e. The van der Waals surface area contributed by atoms with Gasteiger partial charge in [0.05, 0.1) is 10.5 Å². The molecule has 2 atom stereocenters. The van der Waals surface area contributed by atoms with Crippen LogP contribution in [0.1, 0.15) is 32.8 Å². The lowest BCUT2D eigenvalue weighted by Gasteiger charge is -2.19. The first-order valence-corrected chi connectivity index (χ1v) is 8.21. The highest BCUT2D eigenvalue weighted by Gasteiger charge is 2.21. The Morgan fingerprint density at radius 3 is 2.57 bits per heavy atom. The van der Waals surface area contributed by atoms with E-state index in [9.17, 15) is 12.8 Å². The van der Waals surface area contributed by atoms with Crippen molar-refractivity contribution in [2.24, 2.45) is 5.92 Å². The summed E-state index contributed by atoms with van der Waals surface area (Å²) in [4.78, 5) is -0.135. The molecule has 0 saturated heterocycles. The summed E-state index contributed by atoms with van der Waals surface area (Å²) in [6.07, 6.45) is 0.841. The Labute approximate surface area is 125 Å². The van der Waals surface area contributed by atoms with Crippen LogP contribution in [0.15, 0.2) is 23.1 Å². The van der Waals surface area contributed by atoms with E-state index < -0.39 is 15.8 Å². The molecule has 0 radical (unpaired) electrons. The Bertz CT molecular complexity index is 647. The summed E-state index contributed by atoms with van der Waals surface area (Å²) in [5, 5.41) is 8.57. The largest absolute Gasteiger partial charge is 0.384 e. The van der Waals surface area contributed by atoms with E-state index in [1.165, 1.54) is 12.1 Å². The molecule has 0 aromatic heterocycles. The number of hydrogen-bond donors (Lipinski definition) is 2. The number of benzene rings is 1. The summed E-state index contributed by atoms with van der Waals surface area (Å²) in [5.74, 6) is 4.19. The van der Waals surface area contributed by atoms with Gasteiger partial charge >= 0.3 is 0 Å². The predicted molar refractivity (Wildman–Crippen MR) is 79.6 cm³/mol. The maximum Gasteiger partial charge on any atom is 0.240 e. The number of halogens is 1. The predicted octanol–water partition coefficient (Wildman–Crippen LogP) is 1.88. The van der Waals surface area contributed by atoms with Crippen LogP contribution in [-0.4, -0.2) is 26.2 Å². The van der Waals surface area contributed by atoms with Crippen LogP contribution in [0, 0.1) is 23.6 Å². The minimum Gasteiger partial charge on any atom is -0.384 e. The molecule has 2 N–H and O–H groups in total. The third-order valence-electron chi connectivity index (χ3n) is 3.39. The standard InChI is InChI=1S/C15H20FNO3S/c1-4-11(2)12(3)17-21(19,20)14-8-7-13(6-5-9-18)15(16)10-14/h7-8,10-12,17-18H,4,9H2,1-3H3. The molecule has 0 fully saturated rings. The summed E-state index contributed by atoms with van der Waals surface area (Å²) < 4.78 is 40.7. The van der Waals surface area contributed by atoms with E-state index in [1.54, 1.807) is 6.92 Å². The van der Waals surface area contributed by atoms with Crippen molar-refractivity contribution >= 4 is 10.0 Å². The maximum absolute atomic E-state index is 13.8. The van der Waals surface area contributed by atoms with Gasteiger partial charge in [-0.1, -0.05) is 32.1 Å². The van der Waals surface area contributed by atoms with Crippen LogP contribution in [-0.2, 0) is 10.0 Å². The lowest BCUT2D eigenvalue weighted by molar-refractivity contribution is 0.350. The fourth-order valence-electron chi connectivity index (χ4n) is 1.68. The number of aliphatic hydroxyl groups excluding tert-OH is 1. The van der Waals surface area contributed by atoms with Gasteiger partial charge in [-0.25, -0.2) is 17.5 Å². The molecule has 116 valence electrons. The number of hydrogen-bond acceptors (Lipinski definition) is 3. The number of sulfonamides is 1. The van der Waals surface area contributed by atoms with Crippen LogP contribution < -0.4 is 4.72 Å². The molecule has 4 nitrogen and oxygen atoms in total. The highest BCUT2D eigenvalue weighted by Crippen LogP contribution is 2.16. The summed E-state index contributed by atoms with van der Waals surface area (Å²) in [6, 6.07) is 3.29. The number of nitrogens with one attached hydrogen (secondary N) is 1. The van der Waals surface area contributed by atoms with Crippen LogP contribution >= 0.6 is 0 Å². The van der Waals surface area contributed by atoms with E-state index in [-0.39, 0.29) is 29.0 Å².